The summed E-state index contributed by atoms with van der Waals surface area (Å²) >= 11 is 0. The van der Waals surface area contributed by atoms with Crippen LogP contribution in [0.3, 0.4) is 0 Å². The maximum Gasteiger partial charge on any atom is 0.223 e. The molecule has 5 nitrogen and oxygen atoms in total. The predicted octanol–water partition coefficient (Wildman–Crippen LogP) is 0.802. The van der Waals surface area contributed by atoms with E-state index in [0.717, 1.165) is 32.5 Å². The van der Waals surface area contributed by atoms with Crippen LogP contribution in [0.15, 0.2) is 0 Å². The molecule has 2 rings (SSSR count). The van der Waals surface area contributed by atoms with E-state index in [2.05, 4.69) is 5.32 Å². The Bertz CT molecular complexity index is 473. The van der Waals surface area contributed by atoms with Crippen LogP contribution >= 0.6 is 0 Å². The Morgan fingerprint density at radius 2 is 1.85 bits per heavy atom. The number of nitrogens with zero attached hydrogens (tertiary/aromatic N) is 1. The first-order valence-corrected chi connectivity index (χ1v) is 9.01. The van der Waals surface area contributed by atoms with E-state index in [9.17, 15) is 13.2 Å². The Hall–Kier alpha value is -0.620. The van der Waals surface area contributed by atoms with Crippen molar-refractivity contribution in [2.24, 2.45) is 5.41 Å². The largest absolute Gasteiger partial charge is 0.341 e. The molecule has 1 amide bonds. The number of rotatable bonds is 3. The number of hydrogen-bond acceptors (Lipinski definition) is 4. The van der Waals surface area contributed by atoms with E-state index < -0.39 is 14.6 Å². The molecule has 2 saturated heterocycles. The number of hydrogen-bond donors (Lipinski definition) is 1. The number of amides is 1. The molecule has 116 valence electrons. The minimum absolute atomic E-state index is 0.0660. The van der Waals surface area contributed by atoms with Crippen LogP contribution in [0, 0.1) is 5.41 Å². The second-order valence-corrected chi connectivity index (χ2v) is 10.0. The number of carbonyl (C=O) groups excluding carboxylic acids is 1. The van der Waals surface area contributed by atoms with Crippen LogP contribution in [-0.4, -0.2) is 55.9 Å². The van der Waals surface area contributed by atoms with Gasteiger partial charge in [0.15, 0.2) is 9.84 Å². The molecule has 0 aromatic rings. The lowest BCUT2D eigenvalue weighted by atomic mass is 9.78. The van der Waals surface area contributed by atoms with E-state index in [4.69, 9.17) is 0 Å². The first-order chi connectivity index (χ1) is 9.15. The van der Waals surface area contributed by atoms with Gasteiger partial charge in [-0.1, -0.05) is 0 Å². The molecule has 1 spiro atoms. The summed E-state index contributed by atoms with van der Waals surface area (Å²) in [5, 5.41) is 3.32. The summed E-state index contributed by atoms with van der Waals surface area (Å²) in [5.74, 6) is 0.187. The molecule has 2 fully saturated rings. The van der Waals surface area contributed by atoms with Crippen LogP contribution in [0.5, 0.6) is 0 Å². The normalized spacial score (nSPS) is 23.6. The molecule has 0 atom stereocenters. The zero-order valence-corrected chi connectivity index (χ0v) is 13.6. The predicted molar refractivity (Wildman–Crippen MR) is 79.3 cm³/mol. The summed E-state index contributed by atoms with van der Waals surface area (Å²) in [4.78, 5) is 13.9. The molecule has 6 heteroatoms. The average Bonchev–Trinajstić information content (AvgIpc) is 2.62. The van der Waals surface area contributed by atoms with Crippen molar-refractivity contribution in [2.45, 2.75) is 44.8 Å². The van der Waals surface area contributed by atoms with Crippen molar-refractivity contribution in [3.63, 3.8) is 0 Å². The van der Waals surface area contributed by atoms with Gasteiger partial charge < -0.3 is 10.2 Å². The molecule has 20 heavy (non-hydrogen) atoms. The van der Waals surface area contributed by atoms with Crippen LogP contribution in [0.2, 0.25) is 0 Å². The standard InChI is InChI=1S/C14H26N2O3S/c1-13(2,3)20(18,19)9-8-16-11-14(10-12(16)17)4-6-15-7-5-14/h15H,4-11H2,1-3H3. The Morgan fingerprint density at radius 3 is 2.40 bits per heavy atom. The van der Waals surface area contributed by atoms with Crippen molar-refractivity contribution in [3.8, 4) is 0 Å². The maximum atomic E-state index is 12.1. The third-order valence-corrected chi connectivity index (χ3v) is 7.22. The van der Waals surface area contributed by atoms with E-state index >= 15 is 0 Å². The summed E-state index contributed by atoms with van der Waals surface area (Å²) in [6.45, 7) is 8.12. The smallest absolute Gasteiger partial charge is 0.223 e. The highest BCUT2D eigenvalue weighted by atomic mass is 32.2. The number of sulfone groups is 1. The lowest BCUT2D eigenvalue weighted by Crippen LogP contribution is -2.40. The van der Waals surface area contributed by atoms with Crippen LogP contribution in [-0.2, 0) is 14.6 Å². The molecule has 2 heterocycles. The van der Waals surface area contributed by atoms with Crippen molar-refractivity contribution in [1.29, 1.82) is 0 Å². The molecule has 0 bridgehead atoms. The van der Waals surface area contributed by atoms with Crippen LogP contribution < -0.4 is 5.32 Å². The van der Waals surface area contributed by atoms with Gasteiger partial charge in [0.1, 0.15) is 0 Å². The second-order valence-electron chi connectivity index (χ2n) is 7.17. The number of likely N-dealkylation sites (tertiary alicyclic amines) is 1. The van der Waals surface area contributed by atoms with Gasteiger partial charge in [-0.05, 0) is 52.1 Å². The molecule has 1 N–H and O–H groups in total. The molecular formula is C14H26N2O3S. The molecule has 0 radical (unpaired) electrons. The van der Waals surface area contributed by atoms with Crippen molar-refractivity contribution in [1.82, 2.24) is 10.2 Å². The van der Waals surface area contributed by atoms with Crippen LogP contribution in [0.1, 0.15) is 40.0 Å². The van der Waals surface area contributed by atoms with Crippen LogP contribution in [0.4, 0.5) is 0 Å². The van der Waals surface area contributed by atoms with E-state index in [1.165, 1.54) is 0 Å². The minimum Gasteiger partial charge on any atom is -0.341 e. The topological polar surface area (TPSA) is 66.5 Å². The molecule has 0 unspecified atom stereocenters. The quantitative estimate of drug-likeness (QED) is 0.837. The first-order valence-electron chi connectivity index (χ1n) is 7.36. The Balaban J connectivity index is 1.96. The number of piperidine rings is 1. The number of nitrogens with one attached hydrogen (secondary N) is 1. The van der Waals surface area contributed by atoms with Gasteiger partial charge in [0, 0.05) is 19.5 Å². The lowest BCUT2D eigenvalue weighted by Gasteiger charge is -2.33. The SMILES string of the molecule is CC(C)(C)S(=O)(=O)CCN1CC2(CCNCC2)CC1=O. The molecular weight excluding hydrogens is 276 g/mol. The number of carbonyl (C=O) groups is 1. The highest BCUT2D eigenvalue weighted by Gasteiger charge is 2.43. The second kappa shape index (κ2) is 5.30. The minimum atomic E-state index is -3.16. The van der Waals surface area contributed by atoms with Crippen molar-refractivity contribution in [2.75, 3.05) is 31.9 Å². The zero-order chi connectivity index (χ0) is 15.0. The summed E-state index contributed by atoms with van der Waals surface area (Å²) in [5.41, 5.74) is 0.0911. The van der Waals surface area contributed by atoms with E-state index in [1.54, 1.807) is 25.7 Å². The fraction of sp³-hybridized carbons (Fsp3) is 0.929. The molecule has 0 aromatic heterocycles. The Kier molecular flexibility index (Phi) is 4.17. The van der Waals surface area contributed by atoms with Gasteiger partial charge in [0.2, 0.25) is 5.91 Å². The molecule has 0 saturated carbocycles. The van der Waals surface area contributed by atoms with Gasteiger partial charge in [-0.15, -0.1) is 0 Å². The summed E-state index contributed by atoms with van der Waals surface area (Å²) in [6, 6.07) is 0. The monoisotopic (exact) mass is 302 g/mol. The summed E-state index contributed by atoms with van der Waals surface area (Å²) in [6.07, 6.45) is 2.62. The van der Waals surface area contributed by atoms with Crippen molar-refractivity contribution >= 4 is 15.7 Å². The van der Waals surface area contributed by atoms with Crippen molar-refractivity contribution < 1.29 is 13.2 Å². The Morgan fingerprint density at radius 1 is 1.25 bits per heavy atom. The molecule has 2 aliphatic rings. The van der Waals surface area contributed by atoms with Gasteiger partial charge in [-0.3, -0.25) is 4.79 Å². The Labute approximate surface area is 122 Å². The fourth-order valence-electron chi connectivity index (χ4n) is 3.01. The van der Waals surface area contributed by atoms with Gasteiger partial charge in [-0.25, -0.2) is 8.42 Å². The zero-order valence-electron chi connectivity index (χ0n) is 12.7. The highest BCUT2D eigenvalue weighted by Crippen LogP contribution is 2.39. The van der Waals surface area contributed by atoms with E-state index in [0.29, 0.717) is 13.0 Å². The first kappa shape index (κ1) is 15.8. The van der Waals surface area contributed by atoms with Crippen LogP contribution in [0.25, 0.3) is 0 Å². The molecule has 0 aromatic carbocycles. The fourth-order valence-corrected chi connectivity index (χ4v) is 4.09. The van der Waals surface area contributed by atoms with Gasteiger partial charge in [-0.2, -0.15) is 0 Å². The van der Waals surface area contributed by atoms with Gasteiger partial charge in [0.25, 0.3) is 0 Å². The van der Waals surface area contributed by atoms with E-state index in [1.807, 2.05) is 0 Å². The summed E-state index contributed by atoms with van der Waals surface area (Å²) in [7, 11) is -3.16. The van der Waals surface area contributed by atoms with E-state index in [-0.39, 0.29) is 17.1 Å². The van der Waals surface area contributed by atoms with Gasteiger partial charge >= 0.3 is 0 Å². The highest BCUT2D eigenvalue weighted by molar-refractivity contribution is 7.92. The van der Waals surface area contributed by atoms with Crippen molar-refractivity contribution in [3.05, 3.63) is 0 Å². The average molecular weight is 302 g/mol. The van der Waals surface area contributed by atoms with Gasteiger partial charge in [0.05, 0.1) is 10.5 Å². The molecule has 0 aliphatic carbocycles. The molecule has 2 aliphatic heterocycles. The summed E-state index contributed by atoms with van der Waals surface area (Å²) < 4.78 is 23.5. The third kappa shape index (κ3) is 3.17. The lowest BCUT2D eigenvalue weighted by molar-refractivity contribution is -0.127. The third-order valence-electron chi connectivity index (χ3n) is 4.63. The maximum absolute atomic E-state index is 12.1.